The van der Waals surface area contributed by atoms with E-state index in [9.17, 15) is 9.18 Å². The van der Waals surface area contributed by atoms with Gasteiger partial charge < -0.3 is 15.0 Å². The Kier molecular flexibility index (Phi) is 5.60. The molecule has 0 aromatic heterocycles. The Labute approximate surface area is 113 Å². The van der Waals surface area contributed by atoms with Crippen molar-refractivity contribution in [2.75, 3.05) is 19.5 Å². The number of anilines is 1. The molecule has 0 bridgehead atoms. The molecule has 0 saturated heterocycles. The Morgan fingerprint density at radius 2 is 2.21 bits per heavy atom. The molecule has 1 aromatic carbocycles. The third-order valence-electron chi connectivity index (χ3n) is 3.09. The van der Waals surface area contributed by atoms with Crippen LogP contribution in [0.4, 0.5) is 14.9 Å². The Bertz CT molecular complexity index is 437. The number of hydrogen-bond acceptors (Lipinski definition) is 2. The van der Waals surface area contributed by atoms with Crippen molar-refractivity contribution in [3.05, 3.63) is 24.0 Å². The van der Waals surface area contributed by atoms with Crippen molar-refractivity contribution in [2.24, 2.45) is 0 Å². The summed E-state index contributed by atoms with van der Waals surface area (Å²) in [6.07, 6.45) is 1.94. The normalized spacial score (nSPS) is 11.8. The van der Waals surface area contributed by atoms with Gasteiger partial charge in [0.25, 0.3) is 0 Å². The summed E-state index contributed by atoms with van der Waals surface area (Å²) in [6, 6.07) is 4.24. The maximum atomic E-state index is 13.5. The van der Waals surface area contributed by atoms with Crippen molar-refractivity contribution in [1.29, 1.82) is 0 Å². The zero-order valence-corrected chi connectivity index (χ0v) is 11.9. The smallest absolute Gasteiger partial charge is 0.321 e. The molecule has 0 aliphatic heterocycles. The van der Waals surface area contributed by atoms with Gasteiger partial charge in [0.2, 0.25) is 0 Å². The van der Waals surface area contributed by atoms with Crippen LogP contribution in [0.25, 0.3) is 0 Å². The molecule has 1 atom stereocenters. The number of ether oxygens (including phenoxy) is 1. The van der Waals surface area contributed by atoms with Crippen LogP contribution in [-0.4, -0.2) is 31.1 Å². The lowest BCUT2D eigenvalue weighted by Gasteiger charge is -2.24. The maximum Gasteiger partial charge on any atom is 0.321 e. The van der Waals surface area contributed by atoms with E-state index < -0.39 is 5.82 Å². The van der Waals surface area contributed by atoms with Gasteiger partial charge in [-0.2, -0.15) is 0 Å². The van der Waals surface area contributed by atoms with Crippen molar-refractivity contribution in [3.63, 3.8) is 0 Å². The van der Waals surface area contributed by atoms with E-state index in [4.69, 9.17) is 4.74 Å². The van der Waals surface area contributed by atoms with Gasteiger partial charge in [-0.3, -0.25) is 0 Å². The minimum Gasteiger partial charge on any atom is -0.494 e. The van der Waals surface area contributed by atoms with E-state index in [1.807, 2.05) is 6.92 Å². The summed E-state index contributed by atoms with van der Waals surface area (Å²) < 4.78 is 18.3. The van der Waals surface area contributed by atoms with Crippen LogP contribution in [0.15, 0.2) is 18.2 Å². The molecule has 0 aliphatic carbocycles. The summed E-state index contributed by atoms with van der Waals surface area (Å²) in [7, 11) is 3.13. The van der Waals surface area contributed by atoms with Crippen molar-refractivity contribution in [2.45, 2.75) is 32.7 Å². The van der Waals surface area contributed by atoms with Crippen LogP contribution in [0, 0.1) is 5.82 Å². The molecule has 1 rings (SSSR count). The number of nitrogens with one attached hydrogen (secondary N) is 1. The second kappa shape index (κ2) is 6.97. The SMILES string of the molecule is CCC[C@@H](C)N(C)C(=O)Nc1ccc(OC)c(F)c1. The predicted octanol–water partition coefficient (Wildman–Crippen LogP) is 3.49. The van der Waals surface area contributed by atoms with Crippen LogP contribution in [-0.2, 0) is 0 Å². The predicted molar refractivity (Wildman–Crippen MR) is 74.1 cm³/mol. The highest BCUT2D eigenvalue weighted by atomic mass is 19.1. The number of amides is 2. The molecule has 0 fully saturated rings. The average molecular weight is 268 g/mol. The third-order valence-corrected chi connectivity index (χ3v) is 3.09. The molecule has 106 valence electrons. The molecule has 0 saturated carbocycles. The lowest BCUT2D eigenvalue weighted by atomic mass is 10.2. The van der Waals surface area contributed by atoms with Crippen molar-refractivity contribution < 1.29 is 13.9 Å². The van der Waals surface area contributed by atoms with Crippen LogP contribution in [0.3, 0.4) is 0 Å². The van der Waals surface area contributed by atoms with Gasteiger partial charge in [-0.15, -0.1) is 0 Å². The molecule has 2 amide bonds. The average Bonchev–Trinajstić information content (AvgIpc) is 2.38. The fourth-order valence-electron chi connectivity index (χ4n) is 1.77. The second-order valence-electron chi connectivity index (χ2n) is 4.53. The van der Waals surface area contributed by atoms with Gasteiger partial charge in [-0.05, 0) is 25.5 Å². The van der Waals surface area contributed by atoms with Gasteiger partial charge >= 0.3 is 6.03 Å². The highest BCUT2D eigenvalue weighted by molar-refractivity contribution is 5.89. The fraction of sp³-hybridized carbons (Fsp3) is 0.500. The highest BCUT2D eigenvalue weighted by Crippen LogP contribution is 2.21. The lowest BCUT2D eigenvalue weighted by molar-refractivity contribution is 0.205. The molecule has 0 radical (unpaired) electrons. The molecular formula is C14H21FN2O2. The van der Waals surface area contributed by atoms with E-state index in [2.05, 4.69) is 12.2 Å². The molecular weight excluding hydrogens is 247 g/mol. The Hall–Kier alpha value is -1.78. The molecule has 0 heterocycles. The Balaban J connectivity index is 2.69. The van der Waals surface area contributed by atoms with E-state index >= 15 is 0 Å². The van der Waals surface area contributed by atoms with E-state index in [0.717, 1.165) is 12.8 Å². The number of nitrogens with zero attached hydrogens (tertiary/aromatic N) is 1. The Morgan fingerprint density at radius 1 is 1.53 bits per heavy atom. The van der Waals surface area contributed by atoms with Crippen LogP contribution in [0.2, 0.25) is 0 Å². The summed E-state index contributed by atoms with van der Waals surface area (Å²) >= 11 is 0. The van der Waals surface area contributed by atoms with Gasteiger partial charge in [0.1, 0.15) is 0 Å². The molecule has 19 heavy (non-hydrogen) atoms. The van der Waals surface area contributed by atoms with Gasteiger partial charge in [0.15, 0.2) is 11.6 Å². The molecule has 0 unspecified atom stereocenters. The molecule has 4 nitrogen and oxygen atoms in total. The zero-order chi connectivity index (χ0) is 14.4. The summed E-state index contributed by atoms with van der Waals surface area (Å²) in [5, 5.41) is 2.66. The van der Waals surface area contributed by atoms with E-state index in [0.29, 0.717) is 5.69 Å². The molecule has 0 spiro atoms. The minimum atomic E-state index is -0.496. The first-order valence-electron chi connectivity index (χ1n) is 6.37. The van der Waals surface area contributed by atoms with Crippen molar-refractivity contribution in [1.82, 2.24) is 4.90 Å². The first-order chi connectivity index (χ1) is 8.99. The number of urea groups is 1. The monoisotopic (exact) mass is 268 g/mol. The van der Waals surface area contributed by atoms with Gasteiger partial charge in [-0.1, -0.05) is 13.3 Å². The number of carbonyl (C=O) groups is 1. The number of methoxy groups -OCH3 is 1. The van der Waals surface area contributed by atoms with Crippen LogP contribution in [0.1, 0.15) is 26.7 Å². The van der Waals surface area contributed by atoms with Gasteiger partial charge in [-0.25, -0.2) is 9.18 Å². The van der Waals surface area contributed by atoms with E-state index in [-0.39, 0.29) is 17.8 Å². The van der Waals surface area contributed by atoms with E-state index in [1.54, 1.807) is 18.0 Å². The van der Waals surface area contributed by atoms with Crippen molar-refractivity contribution >= 4 is 11.7 Å². The first-order valence-corrected chi connectivity index (χ1v) is 6.37. The summed E-state index contributed by atoms with van der Waals surface area (Å²) in [5.41, 5.74) is 0.416. The van der Waals surface area contributed by atoms with Crippen LogP contribution in [0.5, 0.6) is 5.75 Å². The first kappa shape index (κ1) is 15.3. The van der Waals surface area contributed by atoms with Gasteiger partial charge in [0.05, 0.1) is 7.11 Å². The standard InChI is InChI=1S/C14H21FN2O2/c1-5-6-10(2)17(3)14(18)16-11-7-8-13(19-4)12(15)9-11/h7-10H,5-6H2,1-4H3,(H,16,18)/t10-/m1/s1. The Morgan fingerprint density at radius 3 is 2.74 bits per heavy atom. The number of halogens is 1. The van der Waals surface area contributed by atoms with Crippen LogP contribution >= 0.6 is 0 Å². The highest BCUT2D eigenvalue weighted by Gasteiger charge is 2.15. The summed E-state index contributed by atoms with van der Waals surface area (Å²) in [5.74, 6) is -0.338. The quantitative estimate of drug-likeness (QED) is 0.888. The van der Waals surface area contributed by atoms with E-state index in [1.165, 1.54) is 19.2 Å². The summed E-state index contributed by atoms with van der Waals surface area (Å²) in [4.78, 5) is 13.6. The maximum absolute atomic E-state index is 13.5. The number of carbonyl (C=O) groups excluding carboxylic acids is 1. The minimum absolute atomic E-state index is 0.146. The topological polar surface area (TPSA) is 41.6 Å². The summed E-state index contributed by atoms with van der Waals surface area (Å²) in [6.45, 7) is 4.05. The molecule has 0 aliphatic rings. The van der Waals surface area contributed by atoms with Crippen LogP contribution < -0.4 is 10.1 Å². The largest absolute Gasteiger partial charge is 0.494 e. The molecule has 5 heteroatoms. The number of benzene rings is 1. The molecule has 1 N–H and O–H groups in total. The number of hydrogen-bond donors (Lipinski definition) is 1. The van der Waals surface area contributed by atoms with Crippen molar-refractivity contribution in [3.8, 4) is 5.75 Å². The lowest BCUT2D eigenvalue weighted by Crippen LogP contribution is -2.38. The molecule has 1 aromatic rings. The zero-order valence-electron chi connectivity index (χ0n) is 11.9. The fourth-order valence-corrected chi connectivity index (χ4v) is 1.77. The van der Waals surface area contributed by atoms with Gasteiger partial charge in [0, 0.05) is 24.8 Å². The third kappa shape index (κ3) is 4.12. The number of rotatable bonds is 5. The second-order valence-corrected chi connectivity index (χ2v) is 4.53.